The number of hydrogen-bond donors (Lipinski definition) is 2. The molecule has 1 aromatic heterocycles. The van der Waals surface area contributed by atoms with Crippen molar-refractivity contribution in [2.75, 3.05) is 6.61 Å². The van der Waals surface area contributed by atoms with Crippen molar-refractivity contribution in [1.82, 2.24) is 31.1 Å². The number of para-hydroxylation sites is 1. The molecule has 10 nitrogen and oxygen atoms in total. The molecule has 0 atom stereocenters. The molecule has 10 heteroatoms. The normalized spacial score (nSPS) is 13.7. The van der Waals surface area contributed by atoms with Gasteiger partial charge in [-0.25, -0.2) is 0 Å². The molecule has 160 valence electrons. The fraction of sp³-hybridized carbons (Fsp3) is 0.286. The molecule has 0 radical (unpaired) electrons. The van der Waals surface area contributed by atoms with Crippen molar-refractivity contribution >= 4 is 11.8 Å². The smallest absolute Gasteiger partial charge is 0.276 e. The Balaban J connectivity index is 1.24. The largest absolute Gasteiger partial charge is 0.483 e. The predicted molar refractivity (Wildman–Crippen MR) is 110 cm³/mol. The Morgan fingerprint density at radius 1 is 1.10 bits per heavy atom. The first-order valence-electron chi connectivity index (χ1n) is 9.74. The Kier molecular flexibility index (Phi) is 5.52. The van der Waals surface area contributed by atoms with E-state index in [1.165, 1.54) is 0 Å². The number of carbonyl (C=O) groups is 2. The maximum absolute atomic E-state index is 12.0. The van der Waals surface area contributed by atoms with Crippen LogP contribution in [0.25, 0.3) is 11.4 Å². The maximum atomic E-state index is 12.0. The number of benzene rings is 2. The van der Waals surface area contributed by atoms with Crippen LogP contribution in [-0.4, -0.2) is 44.2 Å². The van der Waals surface area contributed by atoms with Crippen LogP contribution in [0.15, 0.2) is 48.5 Å². The molecule has 3 aromatic rings. The lowest BCUT2D eigenvalue weighted by atomic mass is 10.0. The van der Waals surface area contributed by atoms with Crippen molar-refractivity contribution in [3.8, 4) is 22.9 Å². The summed E-state index contributed by atoms with van der Waals surface area (Å²) in [5.74, 6) is 0.531. The van der Waals surface area contributed by atoms with Gasteiger partial charge in [-0.05, 0) is 25.1 Å². The number of nitrogens with zero attached hydrogens (tertiary/aromatic N) is 4. The van der Waals surface area contributed by atoms with E-state index in [-0.39, 0.29) is 18.8 Å². The number of hydrogen-bond acceptors (Lipinski definition) is 7. The molecule has 0 saturated heterocycles. The van der Waals surface area contributed by atoms with Crippen molar-refractivity contribution in [1.29, 1.82) is 0 Å². The number of tetrazole rings is 1. The Morgan fingerprint density at radius 2 is 1.87 bits per heavy atom. The third-order valence-corrected chi connectivity index (χ3v) is 4.52. The van der Waals surface area contributed by atoms with Crippen molar-refractivity contribution in [2.24, 2.45) is 0 Å². The Morgan fingerprint density at radius 3 is 2.68 bits per heavy atom. The first kappa shape index (κ1) is 20.3. The summed E-state index contributed by atoms with van der Waals surface area (Å²) in [7, 11) is 0. The van der Waals surface area contributed by atoms with Gasteiger partial charge in [0.1, 0.15) is 12.1 Å². The number of hydrazine groups is 1. The Labute approximate surface area is 178 Å². The van der Waals surface area contributed by atoms with E-state index in [1.54, 1.807) is 6.07 Å². The van der Waals surface area contributed by atoms with E-state index in [4.69, 9.17) is 9.47 Å². The number of rotatable bonds is 6. The van der Waals surface area contributed by atoms with Gasteiger partial charge in [-0.2, -0.15) is 4.80 Å². The van der Waals surface area contributed by atoms with Crippen LogP contribution in [0.5, 0.6) is 11.5 Å². The summed E-state index contributed by atoms with van der Waals surface area (Å²) in [6.07, 6.45) is 0.768. The average molecular weight is 422 g/mol. The average Bonchev–Trinajstić information content (AvgIpc) is 3.34. The van der Waals surface area contributed by atoms with Gasteiger partial charge in [-0.15, -0.1) is 10.2 Å². The molecule has 0 fully saturated rings. The fourth-order valence-corrected chi connectivity index (χ4v) is 3.20. The van der Waals surface area contributed by atoms with Crippen LogP contribution < -0.4 is 20.3 Å². The second-order valence-electron chi connectivity index (χ2n) is 7.68. The minimum atomic E-state index is -0.514. The number of aromatic nitrogens is 4. The topological polar surface area (TPSA) is 120 Å². The molecule has 4 rings (SSSR count). The summed E-state index contributed by atoms with van der Waals surface area (Å²) in [6, 6.07) is 14.9. The molecular formula is C21H22N6O4. The summed E-state index contributed by atoms with van der Waals surface area (Å²) in [5.41, 5.74) is 6.12. The third kappa shape index (κ3) is 4.97. The van der Waals surface area contributed by atoms with E-state index in [0.29, 0.717) is 17.3 Å². The molecule has 0 unspecified atom stereocenters. The maximum Gasteiger partial charge on any atom is 0.276 e. The molecule has 1 aliphatic rings. The highest BCUT2D eigenvalue weighted by molar-refractivity contribution is 5.82. The van der Waals surface area contributed by atoms with Crippen molar-refractivity contribution in [2.45, 2.75) is 32.4 Å². The van der Waals surface area contributed by atoms with Gasteiger partial charge in [0.15, 0.2) is 18.1 Å². The first-order chi connectivity index (χ1) is 14.9. The van der Waals surface area contributed by atoms with E-state index in [0.717, 1.165) is 22.3 Å². The number of carbonyl (C=O) groups excluding carboxylic acids is 2. The monoisotopic (exact) mass is 422 g/mol. The van der Waals surface area contributed by atoms with Gasteiger partial charge in [0.25, 0.3) is 11.8 Å². The highest BCUT2D eigenvalue weighted by Gasteiger charge is 2.32. The minimum absolute atomic E-state index is 0.198. The zero-order valence-corrected chi connectivity index (χ0v) is 17.2. The molecule has 31 heavy (non-hydrogen) atoms. The molecule has 2 amide bonds. The molecule has 2 heterocycles. The lowest BCUT2D eigenvalue weighted by molar-refractivity contribution is -0.130. The van der Waals surface area contributed by atoms with Gasteiger partial charge in [-0.1, -0.05) is 42.5 Å². The van der Waals surface area contributed by atoms with Crippen molar-refractivity contribution in [3.05, 3.63) is 54.1 Å². The molecule has 0 spiro atoms. The van der Waals surface area contributed by atoms with Gasteiger partial charge in [-0.3, -0.25) is 20.4 Å². The molecule has 0 bridgehead atoms. The lowest BCUT2D eigenvalue weighted by Crippen LogP contribution is -2.45. The zero-order chi connectivity index (χ0) is 21.8. The van der Waals surface area contributed by atoms with Crippen LogP contribution in [0.3, 0.4) is 0 Å². The SMILES string of the molecule is CC1(C)Cc2cccc(OCC(=O)NNC(=O)Cn3nnc(-c4ccccc4)n3)c2O1. The standard InChI is InChI=1S/C21H22N6O4/c1-21(2)11-15-9-6-10-16(19(15)31-21)30-13-18(29)23-22-17(28)12-27-25-20(24-26-27)14-7-4-3-5-8-14/h3-10H,11-13H2,1-2H3,(H,22,28)(H,23,29). The summed E-state index contributed by atoms with van der Waals surface area (Å²) >= 11 is 0. The first-order valence-corrected chi connectivity index (χ1v) is 9.74. The Hall–Kier alpha value is -3.95. The zero-order valence-electron chi connectivity index (χ0n) is 17.2. The van der Waals surface area contributed by atoms with Crippen molar-refractivity contribution in [3.63, 3.8) is 0 Å². The van der Waals surface area contributed by atoms with Crippen LogP contribution in [0.4, 0.5) is 0 Å². The van der Waals surface area contributed by atoms with Crippen LogP contribution >= 0.6 is 0 Å². The van der Waals surface area contributed by atoms with E-state index in [2.05, 4.69) is 26.3 Å². The second-order valence-corrected chi connectivity index (χ2v) is 7.68. The Bertz CT molecular complexity index is 1100. The second kappa shape index (κ2) is 8.42. The molecule has 2 aromatic carbocycles. The van der Waals surface area contributed by atoms with Gasteiger partial charge >= 0.3 is 0 Å². The summed E-state index contributed by atoms with van der Waals surface area (Å²) in [4.78, 5) is 25.2. The molecule has 1 aliphatic heterocycles. The molecular weight excluding hydrogens is 400 g/mol. The molecule has 0 saturated carbocycles. The number of ether oxygens (including phenoxy) is 2. The fourth-order valence-electron chi connectivity index (χ4n) is 3.20. The van der Waals surface area contributed by atoms with E-state index in [1.807, 2.05) is 56.3 Å². The summed E-state index contributed by atoms with van der Waals surface area (Å²) in [5, 5.41) is 11.9. The quantitative estimate of drug-likeness (QED) is 0.574. The van der Waals surface area contributed by atoms with Crippen LogP contribution in [0.2, 0.25) is 0 Å². The summed E-state index contributed by atoms with van der Waals surface area (Å²) < 4.78 is 11.5. The van der Waals surface area contributed by atoms with E-state index >= 15 is 0 Å². The van der Waals surface area contributed by atoms with Gasteiger partial charge in [0, 0.05) is 17.5 Å². The van der Waals surface area contributed by atoms with Crippen molar-refractivity contribution < 1.29 is 19.1 Å². The minimum Gasteiger partial charge on any atom is -0.483 e. The van der Waals surface area contributed by atoms with Crippen LogP contribution in [0.1, 0.15) is 19.4 Å². The van der Waals surface area contributed by atoms with Crippen LogP contribution in [-0.2, 0) is 22.6 Å². The highest BCUT2D eigenvalue weighted by Crippen LogP contribution is 2.41. The third-order valence-electron chi connectivity index (χ3n) is 4.52. The highest BCUT2D eigenvalue weighted by atomic mass is 16.5. The van der Waals surface area contributed by atoms with Gasteiger partial charge in [0.05, 0.1) is 0 Å². The lowest BCUT2D eigenvalue weighted by Gasteiger charge is -2.18. The van der Waals surface area contributed by atoms with Gasteiger partial charge in [0.2, 0.25) is 5.82 Å². The van der Waals surface area contributed by atoms with Crippen LogP contribution in [0, 0.1) is 0 Å². The summed E-state index contributed by atoms with van der Waals surface area (Å²) in [6.45, 7) is 3.51. The molecule has 2 N–H and O–H groups in total. The molecule has 0 aliphatic carbocycles. The van der Waals surface area contributed by atoms with E-state index < -0.39 is 11.8 Å². The van der Waals surface area contributed by atoms with Gasteiger partial charge < -0.3 is 9.47 Å². The van der Waals surface area contributed by atoms with E-state index in [9.17, 15) is 9.59 Å². The number of amides is 2. The number of nitrogens with one attached hydrogen (secondary N) is 2. The number of fused-ring (bicyclic) bond motifs is 1. The predicted octanol–water partition coefficient (Wildman–Crippen LogP) is 1.28.